The molecule has 1 aliphatic rings. The molecule has 112 valence electrons. The van der Waals surface area contributed by atoms with E-state index in [0.717, 1.165) is 24.8 Å². The van der Waals surface area contributed by atoms with Crippen molar-refractivity contribution in [3.63, 3.8) is 0 Å². The van der Waals surface area contributed by atoms with Crippen LogP contribution in [0.3, 0.4) is 0 Å². The lowest BCUT2D eigenvalue weighted by molar-refractivity contribution is 0.181. The minimum absolute atomic E-state index is 0.136. The fraction of sp³-hybridized carbons (Fsp3) is 0.647. The molecule has 1 saturated heterocycles. The Bertz CT molecular complexity index is 402. The fourth-order valence-corrected chi connectivity index (χ4v) is 3.21. The van der Waals surface area contributed by atoms with Gasteiger partial charge in [0.15, 0.2) is 0 Å². The number of methoxy groups -OCH3 is 1. The summed E-state index contributed by atoms with van der Waals surface area (Å²) in [4.78, 5) is 2.57. The summed E-state index contributed by atoms with van der Waals surface area (Å²) in [5.41, 5.74) is 7.58. The molecule has 3 nitrogen and oxygen atoms in total. The minimum Gasteiger partial charge on any atom is -0.497 e. The molecule has 1 heterocycles. The average Bonchev–Trinajstić information content (AvgIpc) is 2.65. The summed E-state index contributed by atoms with van der Waals surface area (Å²) in [6.07, 6.45) is 3.89. The summed E-state index contributed by atoms with van der Waals surface area (Å²) < 4.78 is 5.24. The van der Waals surface area contributed by atoms with Gasteiger partial charge in [-0.1, -0.05) is 19.1 Å². The Kier molecular flexibility index (Phi) is 5.44. The second kappa shape index (κ2) is 7.09. The molecule has 3 heteroatoms. The van der Waals surface area contributed by atoms with E-state index in [-0.39, 0.29) is 6.04 Å². The van der Waals surface area contributed by atoms with E-state index >= 15 is 0 Å². The van der Waals surface area contributed by atoms with Gasteiger partial charge in [-0.3, -0.25) is 4.90 Å². The summed E-state index contributed by atoms with van der Waals surface area (Å²) in [6, 6.07) is 8.82. The van der Waals surface area contributed by atoms with Crippen LogP contribution < -0.4 is 10.5 Å². The summed E-state index contributed by atoms with van der Waals surface area (Å²) in [7, 11) is 1.70. The summed E-state index contributed by atoms with van der Waals surface area (Å²) in [5.74, 6) is 1.74. The van der Waals surface area contributed by atoms with Gasteiger partial charge in [0.05, 0.1) is 7.11 Å². The van der Waals surface area contributed by atoms with Gasteiger partial charge in [-0.15, -0.1) is 0 Å². The number of benzene rings is 1. The number of ether oxygens (including phenoxy) is 1. The van der Waals surface area contributed by atoms with Crippen LogP contribution in [0.4, 0.5) is 0 Å². The molecular formula is C17H28N2O. The first kappa shape index (κ1) is 15.3. The van der Waals surface area contributed by atoms with Gasteiger partial charge in [0.25, 0.3) is 0 Å². The van der Waals surface area contributed by atoms with Gasteiger partial charge in [-0.2, -0.15) is 0 Å². The Morgan fingerprint density at radius 1 is 1.20 bits per heavy atom. The molecule has 0 amide bonds. The summed E-state index contributed by atoms with van der Waals surface area (Å²) in [6.45, 7) is 6.78. The Morgan fingerprint density at radius 2 is 1.90 bits per heavy atom. The van der Waals surface area contributed by atoms with Crippen molar-refractivity contribution in [1.82, 2.24) is 4.90 Å². The molecule has 1 aromatic carbocycles. The quantitative estimate of drug-likeness (QED) is 0.917. The van der Waals surface area contributed by atoms with Crippen LogP contribution in [0.5, 0.6) is 5.75 Å². The van der Waals surface area contributed by atoms with Crippen LogP contribution in [-0.2, 0) is 0 Å². The fourth-order valence-electron chi connectivity index (χ4n) is 3.21. The maximum Gasteiger partial charge on any atom is 0.118 e. The third kappa shape index (κ3) is 3.74. The third-order valence-corrected chi connectivity index (χ3v) is 4.40. The van der Waals surface area contributed by atoms with Gasteiger partial charge in [-0.05, 0) is 62.9 Å². The topological polar surface area (TPSA) is 38.5 Å². The Hall–Kier alpha value is -1.06. The molecule has 2 N–H and O–H groups in total. The van der Waals surface area contributed by atoms with Crippen molar-refractivity contribution in [2.45, 2.75) is 45.2 Å². The predicted octanol–water partition coefficient (Wildman–Crippen LogP) is 3.21. The second-order valence-corrected chi connectivity index (χ2v) is 6.15. The molecule has 1 aromatic rings. The van der Waals surface area contributed by atoms with Crippen LogP contribution in [0.1, 0.15) is 44.7 Å². The maximum atomic E-state index is 6.28. The molecule has 0 saturated carbocycles. The Balaban J connectivity index is 2.16. The smallest absolute Gasteiger partial charge is 0.118 e. The molecule has 0 bridgehead atoms. The van der Waals surface area contributed by atoms with Crippen molar-refractivity contribution in [3.8, 4) is 5.75 Å². The zero-order chi connectivity index (χ0) is 14.5. The first-order valence-corrected chi connectivity index (χ1v) is 7.75. The van der Waals surface area contributed by atoms with E-state index in [1.54, 1.807) is 7.11 Å². The highest BCUT2D eigenvalue weighted by molar-refractivity contribution is 5.30. The van der Waals surface area contributed by atoms with E-state index in [9.17, 15) is 0 Å². The lowest BCUT2D eigenvalue weighted by Gasteiger charge is -2.34. The van der Waals surface area contributed by atoms with Gasteiger partial charge in [0.2, 0.25) is 0 Å². The highest BCUT2D eigenvalue weighted by Gasteiger charge is 2.25. The van der Waals surface area contributed by atoms with Crippen molar-refractivity contribution < 1.29 is 4.74 Å². The molecule has 1 aliphatic heterocycles. The standard InChI is InChI=1S/C17H28N2O/c1-13-5-4-11-19(12-10-13)17(14(2)18)15-6-8-16(20-3)9-7-15/h6-9,13-14,17H,4-5,10-12,18H2,1-3H3. The highest BCUT2D eigenvalue weighted by atomic mass is 16.5. The van der Waals surface area contributed by atoms with Crippen LogP contribution in [0.15, 0.2) is 24.3 Å². The lowest BCUT2D eigenvalue weighted by Crippen LogP contribution is -2.40. The summed E-state index contributed by atoms with van der Waals surface area (Å²) >= 11 is 0. The molecular weight excluding hydrogens is 248 g/mol. The largest absolute Gasteiger partial charge is 0.497 e. The van der Waals surface area contributed by atoms with Crippen molar-refractivity contribution in [2.24, 2.45) is 11.7 Å². The monoisotopic (exact) mass is 276 g/mol. The number of likely N-dealkylation sites (tertiary alicyclic amines) is 1. The van der Waals surface area contributed by atoms with Crippen LogP contribution in [0.2, 0.25) is 0 Å². The number of nitrogens with zero attached hydrogens (tertiary/aromatic N) is 1. The summed E-state index contributed by atoms with van der Waals surface area (Å²) in [5, 5.41) is 0. The Morgan fingerprint density at radius 3 is 2.50 bits per heavy atom. The van der Waals surface area contributed by atoms with Crippen molar-refractivity contribution in [2.75, 3.05) is 20.2 Å². The van der Waals surface area contributed by atoms with E-state index in [1.807, 2.05) is 12.1 Å². The molecule has 0 aromatic heterocycles. The first-order chi connectivity index (χ1) is 9.61. The number of nitrogens with two attached hydrogens (primary N) is 1. The molecule has 0 aliphatic carbocycles. The SMILES string of the molecule is COc1ccc(C(C(C)N)N2CCCC(C)CC2)cc1. The van der Waals surface area contributed by atoms with Gasteiger partial charge in [0.1, 0.15) is 5.75 Å². The molecule has 2 rings (SSSR count). The van der Waals surface area contributed by atoms with Crippen molar-refractivity contribution >= 4 is 0 Å². The highest BCUT2D eigenvalue weighted by Crippen LogP contribution is 2.29. The second-order valence-electron chi connectivity index (χ2n) is 6.15. The maximum absolute atomic E-state index is 6.28. The van der Waals surface area contributed by atoms with Gasteiger partial charge in [0, 0.05) is 12.1 Å². The van der Waals surface area contributed by atoms with E-state index < -0.39 is 0 Å². The normalized spacial score (nSPS) is 23.9. The van der Waals surface area contributed by atoms with Crippen LogP contribution >= 0.6 is 0 Å². The molecule has 3 unspecified atom stereocenters. The number of rotatable bonds is 4. The average molecular weight is 276 g/mol. The zero-order valence-electron chi connectivity index (χ0n) is 13.0. The van der Waals surface area contributed by atoms with Crippen molar-refractivity contribution in [3.05, 3.63) is 29.8 Å². The predicted molar refractivity (Wildman–Crippen MR) is 84.0 cm³/mol. The van der Waals surface area contributed by atoms with E-state index in [0.29, 0.717) is 6.04 Å². The Labute approximate surface area is 123 Å². The van der Waals surface area contributed by atoms with Crippen LogP contribution in [-0.4, -0.2) is 31.1 Å². The number of hydrogen-bond acceptors (Lipinski definition) is 3. The van der Waals surface area contributed by atoms with Crippen LogP contribution in [0, 0.1) is 5.92 Å². The molecule has 20 heavy (non-hydrogen) atoms. The van der Waals surface area contributed by atoms with Gasteiger partial charge in [-0.25, -0.2) is 0 Å². The molecule has 0 spiro atoms. The minimum atomic E-state index is 0.136. The molecule has 3 atom stereocenters. The third-order valence-electron chi connectivity index (χ3n) is 4.40. The van der Waals surface area contributed by atoms with Crippen LogP contribution in [0.25, 0.3) is 0 Å². The zero-order valence-corrected chi connectivity index (χ0v) is 13.0. The molecule has 1 fully saturated rings. The van der Waals surface area contributed by atoms with Gasteiger partial charge >= 0.3 is 0 Å². The lowest BCUT2D eigenvalue weighted by atomic mass is 9.98. The van der Waals surface area contributed by atoms with Crippen molar-refractivity contribution in [1.29, 1.82) is 0 Å². The van der Waals surface area contributed by atoms with Gasteiger partial charge < -0.3 is 10.5 Å². The van der Waals surface area contributed by atoms with E-state index in [2.05, 4.69) is 30.9 Å². The van der Waals surface area contributed by atoms with E-state index in [1.165, 1.54) is 24.8 Å². The molecule has 0 radical (unpaired) electrons. The van der Waals surface area contributed by atoms with E-state index in [4.69, 9.17) is 10.5 Å². The number of hydrogen-bond donors (Lipinski definition) is 1. The first-order valence-electron chi connectivity index (χ1n) is 7.75.